The summed E-state index contributed by atoms with van der Waals surface area (Å²) in [7, 11) is -8.47. The number of rotatable bonds is 8. The molecule has 1 aliphatic rings. The number of imidazole rings is 1. The Morgan fingerprint density at radius 3 is 2.26 bits per heavy atom. The van der Waals surface area contributed by atoms with Crippen LogP contribution in [0.1, 0.15) is 40.2 Å². The Labute approximate surface area is 277 Å². The lowest BCUT2D eigenvalue weighted by Gasteiger charge is -2.19. The highest BCUT2D eigenvalue weighted by Crippen LogP contribution is 2.40. The standard InChI is InChI=1S/C31H23Cl2F3N4O5S2/c32-20-12-19(13-21(33)14-20)23-10-9-22(15-24(23)31(34,35)36)46(42,43)39-27(30-37-25-3-1-2-4-26(25)38-30)11-17-5-7-18(8-6-17)28-16-29(41)40-47(28,44)45/h1-10,12-15,27-28,39H,11,16H2,(H,37,38)(H,40,41)/t27-,28?/m0/s1. The van der Waals surface area contributed by atoms with Gasteiger partial charge in [-0.15, -0.1) is 0 Å². The van der Waals surface area contributed by atoms with Gasteiger partial charge in [0.2, 0.25) is 26.0 Å². The van der Waals surface area contributed by atoms with Gasteiger partial charge in [-0.2, -0.15) is 13.2 Å². The maximum absolute atomic E-state index is 14.3. The third-order valence-corrected chi connectivity index (χ3v) is 11.2. The first kappa shape index (κ1) is 33.0. The summed E-state index contributed by atoms with van der Waals surface area (Å²) >= 11 is 12.0. The van der Waals surface area contributed by atoms with Crippen molar-refractivity contribution in [1.29, 1.82) is 0 Å². The van der Waals surface area contributed by atoms with Crippen LogP contribution in [-0.2, 0) is 37.4 Å². The van der Waals surface area contributed by atoms with Crippen LogP contribution in [0, 0.1) is 0 Å². The second kappa shape index (κ2) is 12.3. The summed E-state index contributed by atoms with van der Waals surface area (Å²) in [5, 5.41) is -0.853. The molecule has 1 unspecified atom stereocenters. The van der Waals surface area contributed by atoms with Gasteiger partial charge in [0.1, 0.15) is 11.1 Å². The van der Waals surface area contributed by atoms with Crippen molar-refractivity contribution >= 4 is 60.2 Å². The lowest BCUT2D eigenvalue weighted by molar-refractivity contribution is -0.137. The molecule has 9 nitrogen and oxygen atoms in total. The van der Waals surface area contributed by atoms with Crippen molar-refractivity contribution in [3.63, 3.8) is 0 Å². The van der Waals surface area contributed by atoms with Gasteiger partial charge in [-0.25, -0.2) is 26.5 Å². The molecule has 6 rings (SSSR count). The fourth-order valence-corrected chi connectivity index (χ4v) is 8.60. The smallest absolute Gasteiger partial charge is 0.341 e. The van der Waals surface area contributed by atoms with Gasteiger partial charge >= 0.3 is 6.18 Å². The van der Waals surface area contributed by atoms with Crippen molar-refractivity contribution in [3.05, 3.63) is 117 Å². The lowest BCUT2D eigenvalue weighted by Crippen LogP contribution is -2.31. The molecule has 1 saturated heterocycles. The van der Waals surface area contributed by atoms with Crippen molar-refractivity contribution in [1.82, 2.24) is 19.4 Å². The number of nitrogens with one attached hydrogen (secondary N) is 3. The van der Waals surface area contributed by atoms with Crippen LogP contribution < -0.4 is 9.44 Å². The first-order valence-corrected chi connectivity index (χ1v) is 17.7. The third-order valence-electron chi connectivity index (χ3n) is 7.61. The topological polar surface area (TPSA) is 138 Å². The first-order chi connectivity index (χ1) is 22.1. The van der Waals surface area contributed by atoms with Gasteiger partial charge < -0.3 is 4.98 Å². The van der Waals surface area contributed by atoms with E-state index in [0.29, 0.717) is 28.2 Å². The molecule has 0 spiro atoms. The molecular weight excluding hydrogens is 700 g/mol. The van der Waals surface area contributed by atoms with E-state index in [1.807, 2.05) is 4.72 Å². The average Bonchev–Trinajstić information content (AvgIpc) is 3.55. The molecule has 47 heavy (non-hydrogen) atoms. The maximum atomic E-state index is 14.3. The number of fused-ring (bicyclic) bond motifs is 1. The van der Waals surface area contributed by atoms with Crippen LogP contribution in [0.5, 0.6) is 0 Å². The largest absolute Gasteiger partial charge is 0.417 e. The molecule has 3 N–H and O–H groups in total. The number of carbonyl (C=O) groups excluding carboxylic acids is 1. The Morgan fingerprint density at radius 2 is 1.64 bits per heavy atom. The summed E-state index contributed by atoms with van der Waals surface area (Å²) in [4.78, 5) is 18.6. The van der Waals surface area contributed by atoms with Crippen LogP contribution in [0.4, 0.5) is 13.2 Å². The van der Waals surface area contributed by atoms with E-state index in [4.69, 9.17) is 23.2 Å². The number of carbonyl (C=O) groups is 1. The SMILES string of the molecule is O=C1CC(c2ccc(C[C@H](NS(=O)(=O)c3ccc(-c4cc(Cl)cc(Cl)c4)c(C(F)(F)F)c3)c3nc4ccccc4[nH]3)cc2)S(=O)(=O)N1. The monoisotopic (exact) mass is 722 g/mol. The lowest BCUT2D eigenvalue weighted by atomic mass is 9.99. The highest BCUT2D eigenvalue weighted by atomic mass is 35.5. The number of aromatic amines is 1. The van der Waals surface area contributed by atoms with E-state index < -0.39 is 53.9 Å². The molecule has 2 atom stereocenters. The molecule has 244 valence electrons. The molecule has 1 aromatic heterocycles. The van der Waals surface area contributed by atoms with Crippen LogP contribution in [-0.4, -0.2) is 32.7 Å². The molecule has 0 saturated carbocycles. The minimum Gasteiger partial charge on any atom is -0.341 e. The number of aromatic nitrogens is 2. The summed E-state index contributed by atoms with van der Waals surface area (Å²) < 4.78 is 99.4. The van der Waals surface area contributed by atoms with Gasteiger partial charge in [-0.3, -0.25) is 9.52 Å². The highest BCUT2D eigenvalue weighted by molar-refractivity contribution is 7.90. The molecule has 4 aromatic carbocycles. The minimum atomic E-state index is -4.93. The normalized spacial score (nSPS) is 17.1. The van der Waals surface area contributed by atoms with Crippen LogP contribution >= 0.6 is 23.2 Å². The molecule has 1 amide bonds. The molecule has 0 aliphatic carbocycles. The zero-order chi connectivity index (χ0) is 33.7. The van der Waals surface area contributed by atoms with Crippen molar-refractivity contribution < 1.29 is 34.8 Å². The fraction of sp³-hybridized carbons (Fsp3) is 0.161. The summed E-state index contributed by atoms with van der Waals surface area (Å²) in [6.07, 6.45) is -5.17. The van der Waals surface area contributed by atoms with E-state index in [1.54, 1.807) is 36.4 Å². The highest BCUT2D eigenvalue weighted by Gasteiger charge is 2.38. The van der Waals surface area contributed by atoms with Gasteiger partial charge in [0.25, 0.3) is 0 Å². The number of sulfonamides is 2. The second-order valence-corrected chi connectivity index (χ2v) is 15.3. The summed E-state index contributed by atoms with van der Waals surface area (Å²) in [5.74, 6) is -0.412. The number of benzene rings is 4. The van der Waals surface area contributed by atoms with Gasteiger partial charge in [-0.05, 0) is 71.1 Å². The second-order valence-electron chi connectivity index (χ2n) is 10.9. The number of H-pyrrole nitrogens is 1. The quantitative estimate of drug-likeness (QED) is 0.163. The molecule has 0 radical (unpaired) electrons. The number of hydrogen-bond acceptors (Lipinski definition) is 6. The number of para-hydroxylation sites is 2. The number of alkyl halides is 3. The third kappa shape index (κ3) is 7.02. The predicted octanol–water partition coefficient (Wildman–Crippen LogP) is 6.71. The predicted molar refractivity (Wildman–Crippen MR) is 171 cm³/mol. The van der Waals surface area contributed by atoms with E-state index in [9.17, 15) is 34.8 Å². The molecular formula is C31H23Cl2F3N4O5S2. The molecule has 16 heteroatoms. The summed E-state index contributed by atoms with van der Waals surface area (Å²) in [6, 6.07) is 18.7. The summed E-state index contributed by atoms with van der Waals surface area (Å²) in [5.41, 5.74) is 0.611. The Bertz CT molecular complexity index is 2190. The van der Waals surface area contributed by atoms with Crippen molar-refractivity contribution in [3.8, 4) is 11.1 Å². The van der Waals surface area contributed by atoms with E-state index >= 15 is 0 Å². The zero-order valence-electron chi connectivity index (χ0n) is 23.8. The van der Waals surface area contributed by atoms with E-state index in [2.05, 4.69) is 14.7 Å². The van der Waals surface area contributed by atoms with Gasteiger partial charge in [0, 0.05) is 10.0 Å². The van der Waals surface area contributed by atoms with Gasteiger partial charge in [-0.1, -0.05) is 65.7 Å². The van der Waals surface area contributed by atoms with Crippen molar-refractivity contribution in [2.24, 2.45) is 0 Å². The number of halogens is 5. The molecule has 5 aromatic rings. The molecule has 1 aliphatic heterocycles. The summed E-state index contributed by atoms with van der Waals surface area (Å²) in [6.45, 7) is 0. The number of nitrogens with zero attached hydrogens (tertiary/aromatic N) is 1. The van der Waals surface area contributed by atoms with Gasteiger partial charge in [0.05, 0.1) is 34.0 Å². The Balaban J connectivity index is 1.36. The molecule has 1 fully saturated rings. The molecule has 2 heterocycles. The fourth-order valence-electron chi connectivity index (χ4n) is 5.42. The maximum Gasteiger partial charge on any atom is 0.417 e. The number of hydrogen-bond donors (Lipinski definition) is 3. The van der Waals surface area contributed by atoms with Crippen LogP contribution in [0.15, 0.2) is 89.8 Å². The van der Waals surface area contributed by atoms with Crippen LogP contribution in [0.2, 0.25) is 10.0 Å². The van der Waals surface area contributed by atoms with E-state index in [0.717, 1.165) is 12.1 Å². The zero-order valence-corrected chi connectivity index (χ0v) is 27.0. The Hall–Kier alpha value is -3.95. The van der Waals surface area contributed by atoms with E-state index in [1.165, 1.54) is 30.3 Å². The Morgan fingerprint density at radius 1 is 0.957 bits per heavy atom. The van der Waals surface area contributed by atoms with Crippen LogP contribution in [0.25, 0.3) is 22.2 Å². The number of amides is 1. The first-order valence-electron chi connectivity index (χ1n) is 13.9. The average molecular weight is 724 g/mol. The Kier molecular flexibility index (Phi) is 8.59. The minimum absolute atomic E-state index is 0.0147. The van der Waals surface area contributed by atoms with E-state index in [-0.39, 0.29) is 39.8 Å². The van der Waals surface area contributed by atoms with Crippen molar-refractivity contribution in [2.45, 2.75) is 35.2 Å². The van der Waals surface area contributed by atoms with Gasteiger partial charge in [0.15, 0.2) is 0 Å². The van der Waals surface area contributed by atoms with Crippen LogP contribution in [0.3, 0.4) is 0 Å². The molecule has 0 bridgehead atoms. The van der Waals surface area contributed by atoms with Crippen molar-refractivity contribution in [2.75, 3.05) is 0 Å².